The molecule has 0 aliphatic rings. The summed E-state index contributed by atoms with van der Waals surface area (Å²) in [7, 11) is -1.05. The van der Waals surface area contributed by atoms with Gasteiger partial charge in [0.2, 0.25) is 0 Å². The van der Waals surface area contributed by atoms with E-state index in [0.717, 1.165) is 15.9 Å². The van der Waals surface area contributed by atoms with Crippen molar-refractivity contribution in [1.82, 2.24) is 0 Å². The molecule has 0 aromatic heterocycles. The Bertz CT molecular complexity index is 1260. The summed E-state index contributed by atoms with van der Waals surface area (Å²) in [5.41, 5.74) is -1.77. The minimum Gasteiger partial charge on any atom is -0.482 e. The lowest BCUT2D eigenvalue weighted by molar-refractivity contribution is -0.158. The van der Waals surface area contributed by atoms with Gasteiger partial charge in [-0.05, 0) is 123 Å². The number of esters is 3. The first kappa shape index (κ1) is 36.4. The fourth-order valence-corrected chi connectivity index (χ4v) is 6.30. The molecule has 0 atom stereocenters. The highest BCUT2D eigenvalue weighted by molar-refractivity contribution is 7.79. The summed E-state index contributed by atoms with van der Waals surface area (Å²) in [6, 6.07) is 22.8. The van der Waals surface area contributed by atoms with Gasteiger partial charge < -0.3 is 28.4 Å². The Balaban J connectivity index is 1.80. The largest absolute Gasteiger partial charge is 0.482 e. The van der Waals surface area contributed by atoms with E-state index in [2.05, 4.69) is 0 Å². The molecular weight excluding hydrogens is 607 g/mol. The van der Waals surface area contributed by atoms with E-state index in [4.69, 9.17) is 28.4 Å². The smallest absolute Gasteiger partial charge is 0.344 e. The van der Waals surface area contributed by atoms with Crippen LogP contribution in [0.15, 0.2) is 72.8 Å². The van der Waals surface area contributed by atoms with Crippen molar-refractivity contribution in [2.24, 2.45) is 0 Å². The second-order valence-electron chi connectivity index (χ2n) is 13.4. The van der Waals surface area contributed by atoms with Crippen LogP contribution in [0.3, 0.4) is 0 Å². The van der Waals surface area contributed by atoms with Crippen LogP contribution in [0.25, 0.3) is 0 Å². The number of benzene rings is 3. The summed E-state index contributed by atoms with van der Waals surface area (Å²) in [5, 5.41) is 3.10. The summed E-state index contributed by atoms with van der Waals surface area (Å²) in [4.78, 5) is 36.3. The van der Waals surface area contributed by atoms with Gasteiger partial charge in [0.15, 0.2) is 19.8 Å². The molecule has 0 spiro atoms. The fraction of sp³-hybridized carbons (Fsp3) is 0.417. The Morgan fingerprint density at radius 2 is 0.652 bits per heavy atom. The molecule has 0 aliphatic heterocycles. The van der Waals surface area contributed by atoms with Crippen LogP contribution < -0.4 is 30.1 Å². The Kier molecular flexibility index (Phi) is 12.2. The van der Waals surface area contributed by atoms with Crippen LogP contribution in [-0.2, 0) is 28.6 Å². The Hall–Kier alpha value is -4.10. The molecule has 9 nitrogen and oxygen atoms in total. The first-order chi connectivity index (χ1) is 21.4. The minimum atomic E-state index is -1.05. The zero-order valence-electron chi connectivity index (χ0n) is 28.2. The van der Waals surface area contributed by atoms with Gasteiger partial charge in [-0.25, -0.2) is 14.4 Å². The molecule has 248 valence electrons. The number of rotatable bonds is 12. The first-order valence-electron chi connectivity index (χ1n) is 15.0. The van der Waals surface area contributed by atoms with Gasteiger partial charge in [0.25, 0.3) is 0 Å². The summed E-state index contributed by atoms with van der Waals surface area (Å²) in [5.74, 6) is 0.300. The first-order valence-corrected chi connectivity index (χ1v) is 16.4. The van der Waals surface area contributed by atoms with Crippen LogP contribution >= 0.6 is 7.92 Å². The highest BCUT2D eigenvalue weighted by Gasteiger charge is 2.21. The van der Waals surface area contributed by atoms with Crippen molar-refractivity contribution in [3.8, 4) is 17.2 Å². The van der Waals surface area contributed by atoms with E-state index in [1.807, 2.05) is 72.8 Å². The van der Waals surface area contributed by atoms with Crippen LogP contribution in [0.5, 0.6) is 17.2 Å². The zero-order chi connectivity index (χ0) is 34.1. The van der Waals surface area contributed by atoms with Crippen LogP contribution in [0.2, 0.25) is 0 Å². The van der Waals surface area contributed by atoms with Gasteiger partial charge in [0, 0.05) is 0 Å². The van der Waals surface area contributed by atoms with E-state index in [-0.39, 0.29) is 19.8 Å². The average molecular weight is 653 g/mol. The van der Waals surface area contributed by atoms with Crippen molar-refractivity contribution in [3.63, 3.8) is 0 Å². The van der Waals surface area contributed by atoms with E-state index in [9.17, 15) is 14.4 Å². The summed E-state index contributed by atoms with van der Waals surface area (Å²) in [6.07, 6.45) is 0. The molecule has 46 heavy (non-hydrogen) atoms. The van der Waals surface area contributed by atoms with Crippen molar-refractivity contribution in [1.29, 1.82) is 0 Å². The highest BCUT2D eigenvalue weighted by Crippen LogP contribution is 2.34. The third-order valence-electron chi connectivity index (χ3n) is 5.61. The van der Waals surface area contributed by atoms with Crippen LogP contribution in [0, 0.1) is 0 Å². The molecule has 0 heterocycles. The topological polar surface area (TPSA) is 107 Å². The van der Waals surface area contributed by atoms with Crippen LogP contribution in [0.1, 0.15) is 62.3 Å². The third-order valence-corrected chi connectivity index (χ3v) is 8.06. The molecule has 3 rings (SSSR count). The van der Waals surface area contributed by atoms with Gasteiger partial charge in [-0.2, -0.15) is 0 Å². The maximum Gasteiger partial charge on any atom is 0.344 e. The second kappa shape index (κ2) is 15.5. The molecule has 3 aromatic rings. The van der Waals surface area contributed by atoms with Gasteiger partial charge in [-0.3, -0.25) is 0 Å². The molecule has 0 aliphatic carbocycles. The Labute approximate surface area is 273 Å². The molecular formula is C36H45O9P. The molecule has 0 amide bonds. The number of hydrogen-bond acceptors (Lipinski definition) is 9. The summed E-state index contributed by atoms with van der Waals surface area (Å²) in [6.45, 7) is 15.7. The van der Waals surface area contributed by atoms with Gasteiger partial charge in [0.05, 0.1) is 0 Å². The van der Waals surface area contributed by atoms with E-state index >= 15 is 0 Å². The zero-order valence-corrected chi connectivity index (χ0v) is 29.1. The lowest BCUT2D eigenvalue weighted by Crippen LogP contribution is -2.27. The lowest BCUT2D eigenvalue weighted by atomic mass is 10.2. The van der Waals surface area contributed by atoms with Gasteiger partial charge in [-0.15, -0.1) is 0 Å². The molecule has 10 heteroatoms. The number of ether oxygens (including phenoxy) is 6. The van der Waals surface area contributed by atoms with Crippen molar-refractivity contribution < 1.29 is 42.8 Å². The lowest BCUT2D eigenvalue weighted by Gasteiger charge is -2.21. The Morgan fingerprint density at radius 3 is 0.848 bits per heavy atom. The number of carbonyl (C=O) groups excluding carboxylic acids is 3. The van der Waals surface area contributed by atoms with Crippen molar-refractivity contribution >= 4 is 41.7 Å². The van der Waals surface area contributed by atoms with Gasteiger partial charge in [-0.1, -0.05) is 36.4 Å². The molecule has 0 N–H and O–H groups in total. The third kappa shape index (κ3) is 13.1. The quantitative estimate of drug-likeness (QED) is 0.140. The Morgan fingerprint density at radius 1 is 0.435 bits per heavy atom. The van der Waals surface area contributed by atoms with E-state index in [1.54, 1.807) is 62.3 Å². The molecule has 0 bridgehead atoms. The molecule has 0 saturated heterocycles. The molecule has 0 fully saturated rings. The number of hydrogen-bond donors (Lipinski definition) is 0. The van der Waals surface area contributed by atoms with E-state index in [1.165, 1.54) is 0 Å². The van der Waals surface area contributed by atoms with E-state index in [0.29, 0.717) is 17.2 Å². The summed E-state index contributed by atoms with van der Waals surface area (Å²) < 4.78 is 33.0. The van der Waals surface area contributed by atoms with Crippen LogP contribution in [0.4, 0.5) is 0 Å². The van der Waals surface area contributed by atoms with Crippen LogP contribution in [-0.4, -0.2) is 54.5 Å². The van der Waals surface area contributed by atoms with Gasteiger partial charge >= 0.3 is 17.9 Å². The normalized spacial score (nSPS) is 11.9. The SMILES string of the molecule is CC(C)(C)OC(=O)COc1ccc(P(c2ccc(OCC(=O)OC(C)(C)C)cc2)c2ccc(OCC(=O)OC(C)(C)C)cc2)cc1. The standard InChI is InChI=1S/C36H45O9P/c1-34(2,3)43-31(37)22-40-25-10-16-28(17-11-25)46(29-18-12-26(13-19-29)41-23-32(38)44-35(4,5)6)30-20-14-27(15-21-30)42-24-33(39)45-36(7,8)9/h10-21H,22-24H2,1-9H3. The molecule has 0 unspecified atom stereocenters. The minimum absolute atomic E-state index is 0.194. The monoisotopic (exact) mass is 652 g/mol. The molecule has 0 radical (unpaired) electrons. The average Bonchev–Trinajstić information content (AvgIpc) is 2.93. The second-order valence-corrected chi connectivity index (χ2v) is 15.7. The number of carbonyl (C=O) groups is 3. The maximum atomic E-state index is 12.1. The van der Waals surface area contributed by atoms with Crippen molar-refractivity contribution in [2.75, 3.05) is 19.8 Å². The fourth-order valence-electron chi connectivity index (χ4n) is 4.06. The van der Waals surface area contributed by atoms with Gasteiger partial charge in [0.1, 0.15) is 34.1 Å². The highest BCUT2D eigenvalue weighted by atomic mass is 31.1. The van der Waals surface area contributed by atoms with Crippen molar-refractivity contribution in [3.05, 3.63) is 72.8 Å². The summed E-state index contributed by atoms with van der Waals surface area (Å²) >= 11 is 0. The molecule has 3 aromatic carbocycles. The molecule has 0 saturated carbocycles. The predicted octanol–water partition coefficient (Wildman–Crippen LogP) is 5.61. The van der Waals surface area contributed by atoms with Crippen molar-refractivity contribution in [2.45, 2.75) is 79.1 Å². The van der Waals surface area contributed by atoms with E-state index < -0.39 is 42.6 Å². The maximum absolute atomic E-state index is 12.1. The predicted molar refractivity (Wildman–Crippen MR) is 179 cm³/mol.